The minimum atomic E-state index is 0. The molecule has 0 unspecified atom stereocenters. The first-order chi connectivity index (χ1) is 11.2. The topological polar surface area (TPSA) is 56.7 Å². The molecule has 0 fully saturated rings. The predicted molar refractivity (Wildman–Crippen MR) is 111 cm³/mol. The summed E-state index contributed by atoms with van der Waals surface area (Å²) in [7, 11) is 0. The quantitative estimate of drug-likeness (QED) is 0.348. The Morgan fingerprint density at radius 2 is 1.83 bits per heavy atom. The lowest BCUT2D eigenvalue weighted by Gasteiger charge is -2.11. The zero-order valence-electron chi connectivity index (χ0n) is 13.6. The van der Waals surface area contributed by atoms with Crippen LogP contribution in [0.1, 0.15) is 18.1 Å². The van der Waals surface area contributed by atoms with Crippen LogP contribution in [0.2, 0.25) is 5.02 Å². The van der Waals surface area contributed by atoms with Crippen LogP contribution in [0.15, 0.2) is 53.5 Å². The zero-order valence-corrected chi connectivity index (χ0v) is 16.7. The SMILES string of the molecule is CCNC(=NCc1cccc(Cl)c1)NCCc1cccc(O)c1.I. The van der Waals surface area contributed by atoms with Crippen LogP contribution in [0.25, 0.3) is 0 Å². The molecule has 3 N–H and O–H groups in total. The van der Waals surface area contributed by atoms with Crippen molar-refractivity contribution in [3.63, 3.8) is 0 Å². The van der Waals surface area contributed by atoms with Crippen molar-refractivity contribution in [3.05, 3.63) is 64.7 Å². The van der Waals surface area contributed by atoms with E-state index in [2.05, 4.69) is 15.6 Å². The third kappa shape index (κ3) is 7.40. The smallest absolute Gasteiger partial charge is 0.191 e. The van der Waals surface area contributed by atoms with Gasteiger partial charge in [0.15, 0.2) is 5.96 Å². The van der Waals surface area contributed by atoms with Gasteiger partial charge in [-0.05, 0) is 48.7 Å². The highest BCUT2D eigenvalue weighted by atomic mass is 127. The average molecular weight is 460 g/mol. The zero-order chi connectivity index (χ0) is 16.5. The predicted octanol–water partition coefficient (Wildman–Crippen LogP) is 3.96. The van der Waals surface area contributed by atoms with Gasteiger partial charge in [-0.2, -0.15) is 0 Å². The first-order valence-electron chi connectivity index (χ1n) is 7.72. The summed E-state index contributed by atoms with van der Waals surface area (Å²) in [5.74, 6) is 1.07. The molecule has 130 valence electrons. The second-order valence-corrected chi connectivity index (χ2v) is 5.61. The fraction of sp³-hybridized carbons (Fsp3) is 0.278. The second-order valence-electron chi connectivity index (χ2n) is 5.17. The van der Waals surface area contributed by atoms with E-state index in [1.165, 1.54) is 0 Å². The van der Waals surface area contributed by atoms with Crippen molar-refractivity contribution < 1.29 is 5.11 Å². The lowest BCUT2D eigenvalue weighted by molar-refractivity contribution is 0.474. The number of hydrogen-bond acceptors (Lipinski definition) is 2. The molecule has 4 nitrogen and oxygen atoms in total. The molecular formula is C18H23ClIN3O. The Kier molecular flexibility index (Phi) is 9.56. The van der Waals surface area contributed by atoms with Gasteiger partial charge in [0.1, 0.15) is 5.75 Å². The van der Waals surface area contributed by atoms with E-state index in [0.29, 0.717) is 12.3 Å². The summed E-state index contributed by atoms with van der Waals surface area (Å²) in [5, 5.41) is 16.7. The van der Waals surface area contributed by atoms with Gasteiger partial charge in [-0.15, -0.1) is 24.0 Å². The number of benzene rings is 2. The number of halogens is 2. The molecule has 2 aromatic carbocycles. The van der Waals surface area contributed by atoms with E-state index >= 15 is 0 Å². The summed E-state index contributed by atoms with van der Waals surface area (Å²) in [5.41, 5.74) is 2.16. The molecule has 6 heteroatoms. The average Bonchev–Trinajstić information content (AvgIpc) is 2.53. The van der Waals surface area contributed by atoms with Gasteiger partial charge in [0.25, 0.3) is 0 Å². The maximum atomic E-state index is 9.47. The summed E-state index contributed by atoms with van der Waals surface area (Å²) in [4.78, 5) is 4.56. The van der Waals surface area contributed by atoms with Crippen molar-refractivity contribution in [2.24, 2.45) is 4.99 Å². The van der Waals surface area contributed by atoms with E-state index in [1.54, 1.807) is 12.1 Å². The highest BCUT2D eigenvalue weighted by Gasteiger charge is 1.99. The maximum absolute atomic E-state index is 9.47. The molecule has 0 radical (unpaired) electrons. The van der Waals surface area contributed by atoms with Crippen LogP contribution in [-0.2, 0) is 13.0 Å². The summed E-state index contributed by atoms with van der Waals surface area (Å²) in [6.45, 7) is 4.15. The summed E-state index contributed by atoms with van der Waals surface area (Å²) >= 11 is 5.99. The number of phenolic OH excluding ortho intramolecular Hbond substituents is 1. The molecule has 0 aromatic heterocycles. The minimum absolute atomic E-state index is 0. The molecule has 0 amide bonds. The molecule has 24 heavy (non-hydrogen) atoms. The molecule has 2 rings (SSSR count). The van der Waals surface area contributed by atoms with Crippen LogP contribution < -0.4 is 10.6 Å². The number of hydrogen-bond donors (Lipinski definition) is 3. The molecule has 0 spiro atoms. The maximum Gasteiger partial charge on any atom is 0.191 e. The van der Waals surface area contributed by atoms with E-state index in [4.69, 9.17) is 11.6 Å². The number of guanidine groups is 1. The van der Waals surface area contributed by atoms with Gasteiger partial charge in [0.2, 0.25) is 0 Å². The molecule has 0 aliphatic heterocycles. The van der Waals surface area contributed by atoms with Crippen molar-refractivity contribution in [1.82, 2.24) is 10.6 Å². The summed E-state index contributed by atoms with van der Waals surface area (Å²) in [6, 6.07) is 15.0. The molecule has 0 bridgehead atoms. The van der Waals surface area contributed by atoms with Crippen LogP contribution in [0.4, 0.5) is 0 Å². The fourth-order valence-corrected chi connectivity index (χ4v) is 2.40. The van der Waals surface area contributed by atoms with Gasteiger partial charge < -0.3 is 15.7 Å². The minimum Gasteiger partial charge on any atom is -0.508 e. The number of aliphatic imine (C=N–C) groups is 1. The third-order valence-electron chi connectivity index (χ3n) is 3.27. The Bertz CT molecular complexity index is 664. The van der Waals surface area contributed by atoms with E-state index in [9.17, 15) is 5.11 Å². The standard InChI is InChI=1S/C18H22ClN3O.HI/c1-2-20-18(22-13-15-6-3-7-16(19)11-15)21-10-9-14-5-4-8-17(23)12-14;/h3-8,11-12,23H,2,9-10,13H2,1H3,(H2,20,21,22);1H. The molecule has 2 aromatic rings. The van der Waals surface area contributed by atoms with E-state index < -0.39 is 0 Å². The Morgan fingerprint density at radius 1 is 1.08 bits per heavy atom. The van der Waals surface area contributed by atoms with Gasteiger partial charge >= 0.3 is 0 Å². The van der Waals surface area contributed by atoms with Crippen LogP contribution in [0.5, 0.6) is 5.75 Å². The Hall–Kier alpha value is -1.47. The molecule has 0 heterocycles. The van der Waals surface area contributed by atoms with Crippen molar-refractivity contribution >= 4 is 41.5 Å². The molecule has 0 aliphatic carbocycles. The molecular weight excluding hydrogens is 437 g/mol. The van der Waals surface area contributed by atoms with Gasteiger partial charge in [-0.1, -0.05) is 35.9 Å². The van der Waals surface area contributed by atoms with E-state index in [1.807, 2.05) is 43.3 Å². The van der Waals surface area contributed by atoms with Crippen molar-refractivity contribution in [2.75, 3.05) is 13.1 Å². The normalized spacial score (nSPS) is 10.8. The monoisotopic (exact) mass is 459 g/mol. The van der Waals surface area contributed by atoms with Crippen LogP contribution in [0, 0.1) is 0 Å². The van der Waals surface area contributed by atoms with Crippen LogP contribution in [0.3, 0.4) is 0 Å². The van der Waals surface area contributed by atoms with Crippen LogP contribution >= 0.6 is 35.6 Å². The highest BCUT2D eigenvalue weighted by molar-refractivity contribution is 14.0. The van der Waals surface area contributed by atoms with Crippen LogP contribution in [-0.4, -0.2) is 24.2 Å². The van der Waals surface area contributed by atoms with Crippen molar-refractivity contribution in [2.45, 2.75) is 19.9 Å². The largest absolute Gasteiger partial charge is 0.508 e. The first kappa shape index (κ1) is 20.6. The number of aromatic hydroxyl groups is 1. The Morgan fingerprint density at radius 3 is 2.54 bits per heavy atom. The Balaban J connectivity index is 0.00000288. The van der Waals surface area contributed by atoms with Gasteiger partial charge in [0, 0.05) is 18.1 Å². The lowest BCUT2D eigenvalue weighted by atomic mass is 10.1. The third-order valence-corrected chi connectivity index (χ3v) is 3.50. The van der Waals surface area contributed by atoms with Gasteiger partial charge in [0.05, 0.1) is 6.54 Å². The first-order valence-corrected chi connectivity index (χ1v) is 8.09. The second kappa shape index (κ2) is 11.1. The van der Waals surface area contributed by atoms with E-state index in [0.717, 1.165) is 41.6 Å². The van der Waals surface area contributed by atoms with Gasteiger partial charge in [-0.3, -0.25) is 0 Å². The molecule has 0 atom stereocenters. The number of nitrogens with zero attached hydrogens (tertiary/aromatic N) is 1. The highest BCUT2D eigenvalue weighted by Crippen LogP contribution is 2.12. The van der Waals surface area contributed by atoms with E-state index in [-0.39, 0.29) is 24.0 Å². The van der Waals surface area contributed by atoms with Gasteiger partial charge in [-0.25, -0.2) is 4.99 Å². The summed E-state index contributed by atoms with van der Waals surface area (Å²) in [6.07, 6.45) is 0.815. The fourth-order valence-electron chi connectivity index (χ4n) is 2.18. The molecule has 0 saturated carbocycles. The van der Waals surface area contributed by atoms with Crippen molar-refractivity contribution in [3.8, 4) is 5.75 Å². The lowest BCUT2D eigenvalue weighted by Crippen LogP contribution is -2.38. The number of phenols is 1. The van der Waals surface area contributed by atoms with Crippen molar-refractivity contribution in [1.29, 1.82) is 0 Å². The summed E-state index contributed by atoms with van der Waals surface area (Å²) < 4.78 is 0. The number of rotatable bonds is 6. The Labute approximate surface area is 165 Å². The molecule has 0 aliphatic rings. The molecule has 0 saturated heterocycles. The number of nitrogens with one attached hydrogen (secondary N) is 2.